The standard InChI is InChI=1S/C9H10F3NO4S/c1-18(15,16)17-5-7(14)6-2-3-8(13-4-6)9(10,11)12/h2-4,7,14H,5H2,1H3/t7-/m1/s1. The van der Waals surface area contributed by atoms with Crippen LogP contribution >= 0.6 is 0 Å². The second kappa shape index (κ2) is 5.21. The van der Waals surface area contributed by atoms with E-state index in [1.54, 1.807) is 0 Å². The van der Waals surface area contributed by atoms with Crippen molar-refractivity contribution in [3.8, 4) is 0 Å². The Balaban J connectivity index is 2.74. The van der Waals surface area contributed by atoms with Crippen LogP contribution in [0.15, 0.2) is 18.3 Å². The minimum atomic E-state index is -4.56. The first-order valence-electron chi connectivity index (χ1n) is 4.65. The van der Waals surface area contributed by atoms with Gasteiger partial charge in [-0.15, -0.1) is 0 Å². The van der Waals surface area contributed by atoms with Crippen LogP contribution in [0.3, 0.4) is 0 Å². The van der Waals surface area contributed by atoms with Gasteiger partial charge in [-0.2, -0.15) is 21.6 Å². The third-order valence-corrected chi connectivity index (χ3v) is 2.47. The fourth-order valence-electron chi connectivity index (χ4n) is 1.05. The van der Waals surface area contributed by atoms with Crippen LogP contribution in [0.25, 0.3) is 0 Å². The SMILES string of the molecule is CS(=O)(=O)OC[C@@H](O)c1ccc(C(F)(F)F)nc1. The van der Waals surface area contributed by atoms with Gasteiger partial charge in [-0.25, -0.2) is 0 Å². The van der Waals surface area contributed by atoms with E-state index in [0.29, 0.717) is 6.07 Å². The van der Waals surface area contributed by atoms with Crippen molar-refractivity contribution >= 4 is 10.1 Å². The normalized spacial score (nSPS) is 14.5. The maximum atomic E-state index is 12.2. The Hall–Kier alpha value is -1.19. The Morgan fingerprint density at radius 1 is 1.44 bits per heavy atom. The van der Waals surface area contributed by atoms with E-state index in [1.165, 1.54) is 0 Å². The van der Waals surface area contributed by atoms with Gasteiger partial charge in [0.05, 0.1) is 12.9 Å². The predicted molar refractivity (Wildman–Crippen MR) is 55.0 cm³/mol. The lowest BCUT2D eigenvalue weighted by atomic mass is 10.1. The molecule has 18 heavy (non-hydrogen) atoms. The average molecular weight is 285 g/mol. The highest BCUT2D eigenvalue weighted by Gasteiger charge is 2.32. The summed E-state index contributed by atoms with van der Waals surface area (Å²) in [6.07, 6.45) is -4.31. The molecular formula is C9H10F3NO4S. The molecule has 0 bridgehead atoms. The summed E-state index contributed by atoms with van der Waals surface area (Å²) in [4.78, 5) is 3.13. The first-order valence-corrected chi connectivity index (χ1v) is 6.47. The van der Waals surface area contributed by atoms with Crippen molar-refractivity contribution in [1.82, 2.24) is 4.98 Å². The van der Waals surface area contributed by atoms with Crippen LogP contribution in [0.1, 0.15) is 17.4 Å². The van der Waals surface area contributed by atoms with Crippen LogP contribution in [0.5, 0.6) is 0 Å². The molecule has 9 heteroatoms. The zero-order valence-corrected chi connectivity index (χ0v) is 9.99. The maximum absolute atomic E-state index is 12.2. The molecule has 1 N–H and O–H groups in total. The highest BCUT2D eigenvalue weighted by atomic mass is 32.2. The van der Waals surface area contributed by atoms with E-state index in [-0.39, 0.29) is 5.56 Å². The van der Waals surface area contributed by atoms with Crippen LogP contribution in [0, 0.1) is 0 Å². The van der Waals surface area contributed by atoms with Crippen molar-refractivity contribution in [2.24, 2.45) is 0 Å². The highest BCUT2D eigenvalue weighted by molar-refractivity contribution is 7.85. The quantitative estimate of drug-likeness (QED) is 0.839. The summed E-state index contributed by atoms with van der Waals surface area (Å²) in [5.41, 5.74) is -1.06. The fraction of sp³-hybridized carbons (Fsp3) is 0.444. The van der Waals surface area contributed by atoms with Gasteiger partial charge in [0, 0.05) is 11.8 Å². The average Bonchev–Trinajstić information content (AvgIpc) is 2.24. The number of aromatic nitrogens is 1. The second-order valence-electron chi connectivity index (χ2n) is 3.48. The predicted octanol–water partition coefficient (Wildman–Crippen LogP) is 1.11. The lowest BCUT2D eigenvalue weighted by molar-refractivity contribution is -0.141. The van der Waals surface area contributed by atoms with Crippen LogP contribution < -0.4 is 0 Å². The van der Waals surface area contributed by atoms with E-state index in [2.05, 4.69) is 9.17 Å². The topological polar surface area (TPSA) is 76.5 Å². The summed E-state index contributed by atoms with van der Waals surface area (Å²) in [6, 6.07) is 1.70. The van der Waals surface area contributed by atoms with E-state index in [4.69, 9.17) is 0 Å². The van der Waals surface area contributed by atoms with Crippen LogP contribution in [-0.4, -0.2) is 31.4 Å². The molecule has 0 radical (unpaired) electrons. The Bertz CT molecular complexity index is 498. The van der Waals surface area contributed by atoms with Crippen molar-refractivity contribution in [2.75, 3.05) is 12.9 Å². The first-order chi connectivity index (χ1) is 8.09. The molecule has 1 heterocycles. The van der Waals surface area contributed by atoms with Gasteiger partial charge in [0.2, 0.25) is 0 Å². The molecule has 102 valence electrons. The number of hydrogen-bond donors (Lipinski definition) is 1. The number of nitrogens with zero attached hydrogens (tertiary/aromatic N) is 1. The first kappa shape index (κ1) is 14.9. The molecule has 0 aromatic carbocycles. The summed E-state index contributed by atoms with van der Waals surface area (Å²) in [7, 11) is -3.72. The van der Waals surface area contributed by atoms with Crippen molar-refractivity contribution in [3.05, 3.63) is 29.6 Å². The van der Waals surface area contributed by atoms with Gasteiger partial charge < -0.3 is 5.11 Å². The summed E-state index contributed by atoms with van der Waals surface area (Å²) in [6.45, 7) is -0.578. The molecule has 1 aromatic heterocycles. The van der Waals surface area contributed by atoms with E-state index < -0.39 is 34.7 Å². The smallest absolute Gasteiger partial charge is 0.386 e. The van der Waals surface area contributed by atoms with Gasteiger partial charge in [-0.05, 0) is 6.07 Å². The third-order valence-electron chi connectivity index (χ3n) is 1.90. The molecule has 0 spiro atoms. The summed E-state index contributed by atoms with van der Waals surface area (Å²) in [5, 5.41) is 9.47. The van der Waals surface area contributed by atoms with Crippen molar-refractivity contribution in [2.45, 2.75) is 12.3 Å². The third kappa shape index (κ3) is 4.59. The molecule has 0 amide bonds. The Labute approximate surface area is 101 Å². The molecule has 1 atom stereocenters. The monoisotopic (exact) mass is 285 g/mol. The number of alkyl halides is 3. The zero-order chi connectivity index (χ0) is 14.0. The largest absolute Gasteiger partial charge is 0.433 e. The molecule has 5 nitrogen and oxygen atoms in total. The van der Waals surface area contributed by atoms with Crippen LogP contribution in [0.4, 0.5) is 13.2 Å². The van der Waals surface area contributed by atoms with E-state index in [1.807, 2.05) is 0 Å². The van der Waals surface area contributed by atoms with Crippen LogP contribution in [-0.2, 0) is 20.5 Å². The molecule has 0 aliphatic heterocycles. The maximum Gasteiger partial charge on any atom is 0.433 e. The lowest BCUT2D eigenvalue weighted by Gasteiger charge is -2.11. The number of halogens is 3. The Morgan fingerprint density at radius 2 is 2.06 bits per heavy atom. The molecule has 0 aliphatic rings. The summed E-state index contributed by atoms with van der Waals surface area (Å²) in [5.74, 6) is 0. The van der Waals surface area contributed by atoms with E-state index in [0.717, 1.165) is 18.5 Å². The van der Waals surface area contributed by atoms with E-state index in [9.17, 15) is 26.7 Å². The molecule has 0 saturated carbocycles. The Kier molecular flexibility index (Phi) is 4.30. The van der Waals surface area contributed by atoms with Gasteiger partial charge in [-0.1, -0.05) is 6.07 Å². The number of pyridine rings is 1. The number of aliphatic hydroxyl groups excluding tert-OH is 1. The Morgan fingerprint density at radius 3 is 2.44 bits per heavy atom. The number of rotatable bonds is 4. The van der Waals surface area contributed by atoms with Gasteiger partial charge in [0.25, 0.3) is 10.1 Å². The minimum Gasteiger partial charge on any atom is -0.386 e. The fourth-order valence-corrected chi connectivity index (χ4v) is 1.43. The molecule has 0 saturated heterocycles. The van der Waals surface area contributed by atoms with E-state index >= 15 is 0 Å². The summed E-state index contributed by atoms with van der Waals surface area (Å²) < 4.78 is 62.2. The number of aliphatic hydroxyl groups is 1. The van der Waals surface area contributed by atoms with Gasteiger partial charge >= 0.3 is 6.18 Å². The molecule has 0 unspecified atom stereocenters. The molecule has 1 rings (SSSR count). The van der Waals surface area contributed by atoms with Crippen LogP contribution in [0.2, 0.25) is 0 Å². The van der Waals surface area contributed by atoms with Gasteiger partial charge in [0.15, 0.2) is 0 Å². The summed E-state index contributed by atoms with van der Waals surface area (Å²) >= 11 is 0. The van der Waals surface area contributed by atoms with Crippen molar-refractivity contribution < 1.29 is 30.9 Å². The highest BCUT2D eigenvalue weighted by Crippen LogP contribution is 2.27. The van der Waals surface area contributed by atoms with Crippen molar-refractivity contribution in [3.63, 3.8) is 0 Å². The number of hydrogen-bond acceptors (Lipinski definition) is 5. The molecular weight excluding hydrogens is 275 g/mol. The van der Waals surface area contributed by atoms with Crippen molar-refractivity contribution in [1.29, 1.82) is 0 Å². The van der Waals surface area contributed by atoms with Gasteiger partial charge in [-0.3, -0.25) is 9.17 Å². The lowest BCUT2D eigenvalue weighted by Crippen LogP contribution is -2.13. The minimum absolute atomic E-state index is 0.0339. The molecule has 0 fully saturated rings. The molecule has 1 aromatic rings. The van der Waals surface area contributed by atoms with Gasteiger partial charge in [0.1, 0.15) is 11.8 Å². The zero-order valence-electron chi connectivity index (χ0n) is 9.18. The second-order valence-corrected chi connectivity index (χ2v) is 5.12. The molecule has 0 aliphatic carbocycles.